The molecule has 1 spiro atoms. The summed E-state index contributed by atoms with van der Waals surface area (Å²) in [5, 5.41) is 7.05. The predicted octanol–water partition coefficient (Wildman–Crippen LogP) is 3.96. The molecule has 2 fully saturated rings. The molecule has 2 saturated heterocycles. The minimum atomic E-state index is 0.436. The molecule has 5 rings (SSSR count). The Morgan fingerprint density at radius 2 is 1.84 bits per heavy atom. The van der Waals surface area contributed by atoms with E-state index in [1.54, 1.807) is 18.0 Å². The summed E-state index contributed by atoms with van der Waals surface area (Å²) in [6.07, 6.45) is 6.99. The van der Waals surface area contributed by atoms with Gasteiger partial charge >= 0.3 is 0 Å². The van der Waals surface area contributed by atoms with Gasteiger partial charge in [-0.25, -0.2) is 19.9 Å². The molecule has 0 atom stereocenters. The number of rotatable bonds is 7. The molecule has 0 radical (unpaired) electrons. The number of likely N-dealkylation sites (tertiary alicyclic amines) is 1. The van der Waals surface area contributed by atoms with Gasteiger partial charge in [-0.15, -0.1) is 11.8 Å². The molecule has 0 aliphatic carbocycles. The third-order valence-electron chi connectivity index (χ3n) is 5.37. The molecule has 5 heterocycles. The highest BCUT2D eigenvalue weighted by atomic mass is 35.5. The molecule has 31 heavy (non-hydrogen) atoms. The van der Waals surface area contributed by atoms with Crippen LogP contribution in [0.15, 0.2) is 47.9 Å². The molecule has 2 aliphatic rings. The maximum atomic E-state index is 6.03. The van der Waals surface area contributed by atoms with Crippen LogP contribution >= 0.6 is 23.4 Å². The SMILES string of the molecule is CSc1cc(Cl)cnc1Nc1cc(Nc2ccc(CN3CC4(COC4)C3)cn2)ncn1. The van der Waals surface area contributed by atoms with Crippen molar-refractivity contribution in [2.75, 3.05) is 43.2 Å². The monoisotopic (exact) mass is 455 g/mol. The van der Waals surface area contributed by atoms with Crippen LogP contribution in [0.5, 0.6) is 0 Å². The van der Waals surface area contributed by atoms with Crippen LogP contribution < -0.4 is 10.6 Å². The third-order valence-corrected chi connectivity index (χ3v) is 6.33. The second-order valence-corrected chi connectivity index (χ2v) is 9.22. The molecule has 0 bridgehead atoms. The highest BCUT2D eigenvalue weighted by molar-refractivity contribution is 7.98. The summed E-state index contributed by atoms with van der Waals surface area (Å²) in [5.74, 6) is 2.71. The summed E-state index contributed by atoms with van der Waals surface area (Å²) in [6, 6.07) is 7.75. The first kappa shape index (κ1) is 20.4. The lowest BCUT2D eigenvalue weighted by Crippen LogP contribution is -2.65. The predicted molar refractivity (Wildman–Crippen MR) is 122 cm³/mol. The molecule has 0 saturated carbocycles. The standard InChI is InChI=1S/C21H22ClN7OS/c1-31-16-4-15(22)7-24-20(16)28-19-5-18(25-13-26-19)27-17-3-2-14(6-23-17)8-29-9-21(10-29)11-30-12-21/h2-7,13H,8-12H2,1H3,(H2,23,24,25,26,27,28). The van der Waals surface area contributed by atoms with Gasteiger partial charge in [0.2, 0.25) is 0 Å². The van der Waals surface area contributed by atoms with Crippen LogP contribution in [0.3, 0.4) is 0 Å². The van der Waals surface area contributed by atoms with Crippen LogP contribution in [-0.2, 0) is 11.3 Å². The summed E-state index contributed by atoms with van der Waals surface area (Å²) in [6.45, 7) is 4.97. The van der Waals surface area contributed by atoms with Gasteiger partial charge in [0.05, 0.1) is 23.1 Å². The first-order chi connectivity index (χ1) is 15.1. The van der Waals surface area contributed by atoms with Crippen LogP contribution in [0.4, 0.5) is 23.3 Å². The van der Waals surface area contributed by atoms with E-state index in [0.717, 1.165) is 43.6 Å². The quantitative estimate of drug-likeness (QED) is 0.514. The minimum Gasteiger partial charge on any atom is -0.380 e. The molecule has 3 aromatic rings. The van der Waals surface area contributed by atoms with Gasteiger partial charge in [0.25, 0.3) is 0 Å². The van der Waals surface area contributed by atoms with E-state index in [4.69, 9.17) is 16.3 Å². The Balaban J connectivity index is 1.20. The number of aromatic nitrogens is 4. The van der Waals surface area contributed by atoms with Gasteiger partial charge in [0.1, 0.15) is 29.6 Å². The number of anilines is 4. The van der Waals surface area contributed by atoms with Gasteiger partial charge in [-0.05, 0) is 24.0 Å². The molecule has 8 nitrogen and oxygen atoms in total. The van der Waals surface area contributed by atoms with Crippen molar-refractivity contribution in [3.8, 4) is 0 Å². The zero-order valence-electron chi connectivity index (χ0n) is 17.0. The Bertz CT molecular complexity index is 1070. The Hall–Kier alpha value is -2.46. The average molecular weight is 456 g/mol. The third kappa shape index (κ3) is 4.59. The Morgan fingerprint density at radius 3 is 2.52 bits per heavy atom. The molecular weight excluding hydrogens is 434 g/mol. The zero-order valence-corrected chi connectivity index (χ0v) is 18.6. The van der Waals surface area contributed by atoms with Crippen molar-refractivity contribution in [3.63, 3.8) is 0 Å². The van der Waals surface area contributed by atoms with Crippen molar-refractivity contribution in [1.29, 1.82) is 0 Å². The molecule has 10 heteroatoms. The number of ether oxygens (including phenoxy) is 1. The van der Waals surface area contributed by atoms with Crippen LogP contribution in [0.25, 0.3) is 0 Å². The van der Waals surface area contributed by atoms with Gasteiger partial charge in [0, 0.05) is 43.5 Å². The normalized spacial score (nSPS) is 17.1. The number of hydrogen-bond donors (Lipinski definition) is 2. The van der Waals surface area contributed by atoms with Crippen molar-refractivity contribution in [2.45, 2.75) is 11.4 Å². The Morgan fingerprint density at radius 1 is 1.03 bits per heavy atom. The Kier molecular flexibility index (Phi) is 5.66. The highest BCUT2D eigenvalue weighted by Crippen LogP contribution is 2.38. The van der Waals surface area contributed by atoms with Gasteiger partial charge in [0.15, 0.2) is 0 Å². The first-order valence-corrected chi connectivity index (χ1v) is 11.5. The number of halogens is 1. The lowest BCUT2D eigenvalue weighted by Gasteiger charge is -2.55. The smallest absolute Gasteiger partial charge is 0.145 e. The molecule has 2 N–H and O–H groups in total. The van der Waals surface area contributed by atoms with E-state index in [1.165, 1.54) is 11.9 Å². The molecule has 0 amide bonds. The van der Waals surface area contributed by atoms with E-state index >= 15 is 0 Å². The fourth-order valence-electron chi connectivity index (χ4n) is 3.85. The van der Waals surface area contributed by atoms with Gasteiger partial charge in [-0.2, -0.15) is 0 Å². The van der Waals surface area contributed by atoms with Gasteiger partial charge in [-0.1, -0.05) is 17.7 Å². The first-order valence-electron chi connectivity index (χ1n) is 9.92. The maximum Gasteiger partial charge on any atom is 0.145 e. The van der Waals surface area contributed by atoms with E-state index in [0.29, 0.717) is 27.9 Å². The second-order valence-electron chi connectivity index (χ2n) is 7.93. The van der Waals surface area contributed by atoms with Crippen molar-refractivity contribution >= 4 is 46.6 Å². The summed E-state index contributed by atoms with van der Waals surface area (Å²) < 4.78 is 5.34. The van der Waals surface area contributed by atoms with E-state index < -0.39 is 0 Å². The summed E-state index contributed by atoms with van der Waals surface area (Å²) in [7, 11) is 0. The summed E-state index contributed by atoms with van der Waals surface area (Å²) in [4.78, 5) is 20.8. The molecule has 160 valence electrons. The number of nitrogens with one attached hydrogen (secondary N) is 2. The molecule has 0 aromatic carbocycles. The molecular formula is C21H22ClN7OS. The number of hydrogen-bond acceptors (Lipinski definition) is 9. The zero-order chi connectivity index (χ0) is 21.3. The summed E-state index contributed by atoms with van der Waals surface area (Å²) >= 11 is 7.60. The van der Waals surface area contributed by atoms with Crippen LogP contribution in [0.1, 0.15) is 5.56 Å². The lowest BCUT2D eigenvalue weighted by atomic mass is 9.78. The van der Waals surface area contributed by atoms with E-state index in [1.807, 2.05) is 30.7 Å². The van der Waals surface area contributed by atoms with Crippen molar-refractivity contribution in [3.05, 3.63) is 53.6 Å². The molecule has 0 unspecified atom stereocenters. The van der Waals surface area contributed by atoms with E-state index in [-0.39, 0.29) is 0 Å². The number of nitrogens with zero attached hydrogens (tertiary/aromatic N) is 5. The van der Waals surface area contributed by atoms with Gasteiger partial charge in [-0.3, -0.25) is 4.90 Å². The topological polar surface area (TPSA) is 88.1 Å². The van der Waals surface area contributed by atoms with E-state index in [2.05, 4.69) is 41.5 Å². The fourth-order valence-corrected chi connectivity index (χ4v) is 4.62. The van der Waals surface area contributed by atoms with Crippen molar-refractivity contribution in [2.24, 2.45) is 5.41 Å². The molecule has 3 aromatic heterocycles. The average Bonchev–Trinajstić information content (AvgIpc) is 2.72. The maximum absolute atomic E-state index is 6.03. The lowest BCUT2D eigenvalue weighted by molar-refractivity contribution is -0.191. The van der Waals surface area contributed by atoms with Crippen LogP contribution in [0.2, 0.25) is 5.02 Å². The van der Waals surface area contributed by atoms with Crippen LogP contribution in [0, 0.1) is 5.41 Å². The highest BCUT2D eigenvalue weighted by Gasteiger charge is 2.48. The number of pyridine rings is 2. The fraction of sp³-hybridized carbons (Fsp3) is 0.333. The van der Waals surface area contributed by atoms with Crippen molar-refractivity contribution < 1.29 is 4.74 Å². The van der Waals surface area contributed by atoms with Gasteiger partial charge < -0.3 is 15.4 Å². The summed E-state index contributed by atoms with van der Waals surface area (Å²) in [5.41, 5.74) is 1.63. The van der Waals surface area contributed by atoms with E-state index in [9.17, 15) is 0 Å². The molecule has 2 aliphatic heterocycles. The second kappa shape index (κ2) is 8.58. The van der Waals surface area contributed by atoms with Crippen LogP contribution in [-0.4, -0.2) is 57.4 Å². The largest absolute Gasteiger partial charge is 0.380 e. The van der Waals surface area contributed by atoms with Crippen molar-refractivity contribution in [1.82, 2.24) is 24.8 Å². The minimum absolute atomic E-state index is 0.436. The Labute approximate surface area is 189 Å². The number of thioether (sulfide) groups is 1.